The summed E-state index contributed by atoms with van der Waals surface area (Å²) in [6.07, 6.45) is -3.04. The van der Waals surface area contributed by atoms with Crippen LogP contribution < -0.4 is 11.1 Å². The lowest BCUT2D eigenvalue weighted by Crippen LogP contribution is -2.47. The maximum absolute atomic E-state index is 12.9. The van der Waals surface area contributed by atoms with E-state index in [2.05, 4.69) is 5.32 Å². The number of nitrogens with two attached hydrogens (primary N) is 1. The van der Waals surface area contributed by atoms with E-state index >= 15 is 0 Å². The molecule has 3 N–H and O–H groups in total. The van der Waals surface area contributed by atoms with Crippen LogP contribution in [0.25, 0.3) is 0 Å². The summed E-state index contributed by atoms with van der Waals surface area (Å²) in [5, 5.41) is 2.44. The van der Waals surface area contributed by atoms with Gasteiger partial charge in [0.15, 0.2) is 0 Å². The summed E-state index contributed by atoms with van der Waals surface area (Å²) in [7, 11) is 0. The minimum atomic E-state index is -4.36. The molecule has 0 spiro atoms. The number of carbonyl (C=O) groups is 2. The summed E-state index contributed by atoms with van der Waals surface area (Å²) < 4.78 is 38.7. The van der Waals surface area contributed by atoms with Crippen LogP contribution in [-0.2, 0) is 9.59 Å². The molecule has 0 aromatic carbocycles. The molecule has 7 heteroatoms. The van der Waals surface area contributed by atoms with Gasteiger partial charge in [0.1, 0.15) is 0 Å². The summed E-state index contributed by atoms with van der Waals surface area (Å²) in [6, 6.07) is 0. The van der Waals surface area contributed by atoms with Crippen LogP contribution in [0, 0.1) is 17.3 Å². The second kappa shape index (κ2) is 6.01. The van der Waals surface area contributed by atoms with Gasteiger partial charge in [0.2, 0.25) is 11.8 Å². The number of rotatable bonds is 4. The average molecular weight is 294 g/mol. The van der Waals surface area contributed by atoms with E-state index in [1.54, 1.807) is 0 Å². The molecule has 1 saturated carbocycles. The molecule has 1 fully saturated rings. The molecule has 0 radical (unpaired) electrons. The molecule has 1 rings (SSSR count). The zero-order valence-electron chi connectivity index (χ0n) is 11.7. The molecule has 0 saturated heterocycles. The van der Waals surface area contributed by atoms with E-state index in [0.717, 1.165) is 0 Å². The van der Waals surface area contributed by atoms with Crippen LogP contribution in [-0.4, -0.2) is 24.5 Å². The molecule has 0 heterocycles. The molecule has 0 unspecified atom stereocenters. The molecule has 20 heavy (non-hydrogen) atoms. The first-order valence-electron chi connectivity index (χ1n) is 6.70. The van der Waals surface area contributed by atoms with E-state index in [-0.39, 0.29) is 19.4 Å². The van der Waals surface area contributed by atoms with Crippen molar-refractivity contribution in [3.8, 4) is 0 Å². The molecule has 1 aliphatic carbocycles. The minimum absolute atomic E-state index is 0.0131. The number of carbonyl (C=O) groups excluding carboxylic acids is 2. The molecule has 1 aliphatic rings. The first-order chi connectivity index (χ1) is 9.05. The quantitative estimate of drug-likeness (QED) is 0.832. The highest BCUT2D eigenvalue weighted by molar-refractivity contribution is 5.83. The molecule has 2 atom stereocenters. The number of alkyl halides is 3. The molecule has 4 nitrogen and oxygen atoms in total. The van der Waals surface area contributed by atoms with Gasteiger partial charge in [0.25, 0.3) is 0 Å². The topological polar surface area (TPSA) is 72.2 Å². The van der Waals surface area contributed by atoms with Gasteiger partial charge in [-0.15, -0.1) is 0 Å². The van der Waals surface area contributed by atoms with Crippen molar-refractivity contribution in [2.24, 2.45) is 23.0 Å². The Labute approximate surface area is 116 Å². The van der Waals surface area contributed by atoms with E-state index in [1.807, 2.05) is 0 Å². The maximum atomic E-state index is 12.9. The summed E-state index contributed by atoms with van der Waals surface area (Å²) >= 11 is 0. The van der Waals surface area contributed by atoms with Gasteiger partial charge in [-0.1, -0.05) is 12.8 Å². The molecule has 0 bridgehead atoms. The summed E-state index contributed by atoms with van der Waals surface area (Å²) in [5.74, 6) is -3.89. The average Bonchev–Trinajstić information content (AvgIpc) is 2.35. The van der Waals surface area contributed by atoms with Gasteiger partial charge < -0.3 is 11.1 Å². The van der Waals surface area contributed by atoms with Crippen molar-refractivity contribution in [1.82, 2.24) is 5.32 Å². The monoisotopic (exact) mass is 294 g/mol. The Balaban J connectivity index is 2.67. The first-order valence-corrected chi connectivity index (χ1v) is 6.70. The second-order valence-corrected chi connectivity index (χ2v) is 6.00. The van der Waals surface area contributed by atoms with Crippen LogP contribution in [0.5, 0.6) is 0 Å². The van der Waals surface area contributed by atoms with E-state index in [1.165, 1.54) is 13.8 Å². The number of hydrogen-bond donors (Lipinski definition) is 2. The van der Waals surface area contributed by atoms with Gasteiger partial charge in [0, 0.05) is 12.5 Å². The largest absolute Gasteiger partial charge is 0.392 e. The standard InChI is InChI=1S/C13H21F3N2O2/c1-12(2,11(17)20)7-18-10(19)8-5-3-4-6-9(8)13(14,15)16/h8-9H,3-7H2,1-2H3,(H2,17,20)(H,18,19)/t8-,9+/m0/s1. The minimum Gasteiger partial charge on any atom is -0.369 e. The highest BCUT2D eigenvalue weighted by Crippen LogP contribution is 2.41. The lowest BCUT2D eigenvalue weighted by atomic mass is 9.78. The van der Waals surface area contributed by atoms with Gasteiger partial charge in [0.05, 0.1) is 11.3 Å². The predicted octanol–water partition coefficient (Wildman–Crippen LogP) is 1.98. The van der Waals surface area contributed by atoms with Gasteiger partial charge in [-0.05, 0) is 26.7 Å². The summed E-state index contributed by atoms with van der Waals surface area (Å²) in [6.45, 7) is 3.03. The van der Waals surface area contributed by atoms with Crippen molar-refractivity contribution < 1.29 is 22.8 Å². The molecular weight excluding hydrogens is 273 g/mol. The fraction of sp³-hybridized carbons (Fsp3) is 0.846. The van der Waals surface area contributed by atoms with Crippen LogP contribution in [0.2, 0.25) is 0 Å². The third kappa shape index (κ3) is 4.11. The number of halogens is 3. The fourth-order valence-electron chi connectivity index (χ4n) is 2.36. The van der Waals surface area contributed by atoms with Crippen LogP contribution >= 0.6 is 0 Å². The van der Waals surface area contributed by atoms with Gasteiger partial charge in [-0.2, -0.15) is 13.2 Å². The van der Waals surface area contributed by atoms with Crippen molar-refractivity contribution >= 4 is 11.8 Å². The Morgan fingerprint density at radius 3 is 2.25 bits per heavy atom. The number of amides is 2. The molecule has 0 aliphatic heterocycles. The van der Waals surface area contributed by atoms with Crippen molar-refractivity contribution in [2.75, 3.05) is 6.54 Å². The molecule has 0 aromatic heterocycles. The van der Waals surface area contributed by atoms with Crippen molar-refractivity contribution in [2.45, 2.75) is 45.7 Å². The van der Waals surface area contributed by atoms with Crippen molar-refractivity contribution in [3.05, 3.63) is 0 Å². The Morgan fingerprint density at radius 1 is 1.20 bits per heavy atom. The number of hydrogen-bond acceptors (Lipinski definition) is 2. The lowest BCUT2D eigenvalue weighted by Gasteiger charge is -2.32. The van der Waals surface area contributed by atoms with Crippen molar-refractivity contribution in [3.63, 3.8) is 0 Å². The second-order valence-electron chi connectivity index (χ2n) is 6.00. The Kier molecular flexibility index (Phi) is 5.05. The zero-order valence-corrected chi connectivity index (χ0v) is 11.7. The smallest absolute Gasteiger partial charge is 0.369 e. The molecule has 2 amide bonds. The highest BCUT2D eigenvalue weighted by atomic mass is 19.4. The zero-order chi connectivity index (χ0) is 15.6. The summed E-state index contributed by atoms with van der Waals surface area (Å²) in [4.78, 5) is 23.1. The van der Waals surface area contributed by atoms with E-state index < -0.39 is 35.2 Å². The molecule has 0 aromatic rings. The van der Waals surface area contributed by atoms with Crippen molar-refractivity contribution in [1.29, 1.82) is 0 Å². The highest BCUT2D eigenvalue weighted by Gasteiger charge is 2.48. The number of nitrogens with one attached hydrogen (secondary N) is 1. The van der Waals surface area contributed by atoms with Crippen LogP contribution in [0.15, 0.2) is 0 Å². The Morgan fingerprint density at radius 2 is 1.75 bits per heavy atom. The molecular formula is C13H21F3N2O2. The van der Waals surface area contributed by atoms with Crippen LogP contribution in [0.1, 0.15) is 39.5 Å². The lowest BCUT2D eigenvalue weighted by molar-refractivity contribution is -0.198. The van der Waals surface area contributed by atoms with Gasteiger partial charge in [-0.3, -0.25) is 9.59 Å². The maximum Gasteiger partial charge on any atom is 0.392 e. The predicted molar refractivity (Wildman–Crippen MR) is 67.5 cm³/mol. The van der Waals surface area contributed by atoms with Crippen LogP contribution in [0.3, 0.4) is 0 Å². The normalized spacial score (nSPS) is 24.2. The first kappa shape index (κ1) is 16.8. The van der Waals surface area contributed by atoms with E-state index in [9.17, 15) is 22.8 Å². The fourth-order valence-corrected chi connectivity index (χ4v) is 2.36. The Hall–Kier alpha value is -1.27. The number of primary amides is 1. The van der Waals surface area contributed by atoms with E-state index in [4.69, 9.17) is 5.73 Å². The summed E-state index contributed by atoms with van der Waals surface area (Å²) in [5.41, 5.74) is 4.19. The van der Waals surface area contributed by atoms with E-state index in [0.29, 0.717) is 12.8 Å². The van der Waals surface area contributed by atoms with Gasteiger partial charge in [-0.25, -0.2) is 0 Å². The van der Waals surface area contributed by atoms with Gasteiger partial charge >= 0.3 is 6.18 Å². The van der Waals surface area contributed by atoms with Crippen LogP contribution in [0.4, 0.5) is 13.2 Å². The molecule has 116 valence electrons. The third-order valence-electron chi connectivity index (χ3n) is 3.89. The Bertz CT molecular complexity index is 380. The third-order valence-corrected chi connectivity index (χ3v) is 3.89. The SMILES string of the molecule is CC(C)(CNC(=O)[C@H]1CCCC[C@H]1C(F)(F)F)C(N)=O.